The molecule has 0 aliphatic rings. The van der Waals surface area contributed by atoms with Gasteiger partial charge in [-0.3, -0.25) is 10.1 Å². The molecular formula is C13H12BrClN2O2S. The molecule has 0 saturated heterocycles. The van der Waals surface area contributed by atoms with Crippen molar-refractivity contribution in [1.29, 1.82) is 0 Å². The molecule has 2 aromatic rings. The molecule has 0 radical (unpaired) electrons. The fourth-order valence-electron chi connectivity index (χ4n) is 1.80. The van der Waals surface area contributed by atoms with Gasteiger partial charge in [-0.05, 0) is 40.5 Å². The summed E-state index contributed by atoms with van der Waals surface area (Å²) < 4.78 is 1.11. The Kier molecular flexibility index (Phi) is 5.54. The molecule has 2 rings (SSSR count). The van der Waals surface area contributed by atoms with E-state index in [1.807, 2.05) is 6.07 Å². The third-order valence-electron chi connectivity index (χ3n) is 2.77. The lowest BCUT2D eigenvalue weighted by atomic mass is 10.2. The zero-order chi connectivity index (χ0) is 14.5. The van der Waals surface area contributed by atoms with Crippen molar-refractivity contribution in [3.05, 3.63) is 59.7 Å². The number of hydrogen-bond acceptors (Lipinski definition) is 4. The van der Waals surface area contributed by atoms with E-state index in [0.29, 0.717) is 17.1 Å². The molecule has 4 nitrogen and oxygen atoms in total. The Balaban J connectivity index is 1.92. The Hall–Kier alpha value is -0.950. The van der Waals surface area contributed by atoms with Crippen LogP contribution in [0.25, 0.3) is 0 Å². The number of thiophene rings is 1. The predicted molar refractivity (Wildman–Crippen MR) is 85.5 cm³/mol. The van der Waals surface area contributed by atoms with Gasteiger partial charge in [0.25, 0.3) is 5.69 Å². The SMILES string of the molecule is O=[N+]([O-])c1cccc(Cl)c1CNCCc1ccc(Br)s1. The Morgan fingerprint density at radius 2 is 2.15 bits per heavy atom. The minimum Gasteiger partial charge on any atom is -0.312 e. The van der Waals surface area contributed by atoms with Gasteiger partial charge in [0.05, 0.1) is 19.3 Å². The number of hydrogen-bond donors (Lipinski definition) is 1. The summed E-state index contributed by atoms with van der Waals surface area (Å²) in [6, 6.07) is 8.81. The maximum atomic E-state index is 10.9. The van der Waals surface area contributed by atoms with Crippen LogP contribution in [0.2, 0.25) is 5.02 Å². The van der Waals surface area contributed by atoms with Crippen LogP contribution < -0.4 is 5.32 Å². The van der Waals surface area contributed by atoms with Crippen molar-refractivity contribution in [2.45, 2.75) is 13.0 Å². The first-order chi connectivity index (χ1) is 9.58. The molecule has 1 aromatic heterocycles. The molecule has 1 aromatic carbocycles. The second kappa shape index (κ2) is 7.17. The van der Waals surface area contributed by atoms with E-state index >= 15 is 0 Å². The smallest absolute Gasteiger partial charge is 0.275 e. The number of benzene rings is 1. The van der Waals surface area contributed by atoms with Crippen molar-refractivity contribution in [1.82, 2.24) is 5.32 Å². The molecule has 0 saturated carbocycles. The lowest BCUT2D eigenvalue weighted by Gasteiger charge is -2.07. The third-order valence-corrected chi connectivity index (χ3v) is 4.81. The van der Waals surface area contributed by atoms with Gasteiger partial charge >= 0.3 is 0 Å². The van der Waals surface area contributed by atoms with Crippen LogP contribution in [0.15, 0.2) is 34.1 Å². The summed E-state index contributed by atoms with van der Waals surface area (Å²) in [5.41, 5.74) is 0.593. The second-order valence-electron chi connectivity index (χ2n) is 4.13. The largest absolute Gasteiger partial charge is 0.312 e. The van der Waals surface area contributed by atoms with Crippen molar-refractivity contribution < 1.29 is 4.92 Å². The minimum absolute atomic E-state index is 0.0591. The molecule has 0 amide bonds. The molecule has 0 fully saturated rings. The molecule has 1 heterocycles. The van der Waals surface area contributed by atoms with Crippen LogP contribution in [0.5, 0.6) is 0 Å². The molecule has 0 bridgehead atoms. The van der Waals surface area contributed by atoms with Crippen molar-refractivity contribution in [3.8, 4) is 0 Å². The molecule has 0 spiro atoms. The fourth-order valence-corrected chi connectivity index (χ4v) is 3.52. The van der Waals surface area contributed by atoms with Crippen molar-refractivity contribution in [3.63, 3.8) is 0 Å². The highest BCUT2D eigenvalue weighted by molar-refractivity contribution is 9.11. The third kappa shape index (κ3) is 4.02. The number of nitro groups is 1. The van der Waals surface area contributed by atoms with Crippen molar-refractivity contribution in [2.24, 2.45) is 0 Å². The van der Waals surface area contributed by atoms with Gasteiger partial charge in [-0.15, -0.1) is 11.3 Å². The highest BCUT2D eigenvalue weighted by atomic mass is 79.9. The Morgan fingerprint density at radius 1 is 1.35 bits per heavy atom. The highest BCUT2D eigenvalue weighted by Crippen LogP contribution is 2.26. The normalized spacial score (nSPS) is 10.7. The van der Waals surface area contributed by atoms with Crippen LogP contribution >= 0.6 is 38.9 Å². The van der Waals surface area contributed by atoms with E-state index in [2.05, 4.69) is 27.3 Å². The Morgan fingerprint density at radius 3 is 2.80 bits per heavy atom. The van der Waals surface area contributed by atoms with E-state index in [-0.39, 0.29) is 5.69 Å². The number of rotatable bonds is 6. The molecule has 0 aliphatic heterocycles. The average molecular weight is 376 g/mol. The standard InChI is InChI=1S/C13H12BrClN2O2S/c14-13-5-4-9(20-13)6-7-16-8-10-11(15)2-1-3-12(10)17(18)19/h1-5,16H,6-8H2. The van der Waals surface area contributed by atoms with Gasteiger partial charge in [0.15, 0.2) is 0 Å². The highest BCUT2D eigenvalue weighted by Gasteiger charge is 2.15. The van der Waals surface area contributed by atoms with Gasteiger partial charge in [0.1, 0.15) is 0 Å². The van der Waals surface area contributed by atoms with Gasteiger partial charge in [-0.25, -0.2) is 0 Å². The van der Waals surface area contributed by atoms with E-state index < -0.39 is 4.92 Å². The van der Waals surface area contributed by atoms with Gasteiger partial charge in [-0.2, -0.15) is 0 Å². The maximum absolute atomic E-state index is 10.9. The number of halogens is 2. The van der Waals surface area contributed by atoms with Gasteiger partial charge < -0.3 is 5.32 Å². The van der Waals surface area contributed by atoms with Crippen LogP contribution in [0.3, 0.4) is 0 Å². The van der Waals surface area contributed by atoms with E-state index in [1.54, 1.807) is 23.5 Å². The molecule has 1 N–H and O–H groups in total. The zero-order valence-corrected chi connectivity index (χ0v) is 13.6. The van der Waals surface area contributed by atoms with Gasteiger partial charge in [0, 0.05) is 24.0 Å². The van der Waals surface area contributed by atoms with Gasteiger partial charge in [0.2, 0.25) is 0 Å². The monoisotopic (exact) mass is 374 g/mol. The zero-order valence-electron chi connectivity index (χ0n) is 10.4. The number of nitro benzene ring substituents is 1. The number of nitrogens with one attached hydrogen (secondary N) is 1. The van der Waals surface area contributed by atoms with Crippen LogP contribution in [-0.2, 0) is 13.0 Å². The van der Waals surface area contributed by atoms with E-state index in [9.17, 15) is 10.1 Å². The van der Waals surface area contributed by atoms with Crippen LogP contribution in [0.1, 0.15) is 10.4 Å². The molecule has 7 heteroatoms. The van der Waals surface area contributed by atoms with Crippen molar-refractivity contribution >= 4 is 44.6 Å². The second-order valence-corrected chi connectivity index (χ2v) is 7.08. The molecule has 20 heavy (non-hydrogen) atoms. The van der Waals surface area contributed by atoms with E-state index in [1.165, 1.54) is 10.9 Å². The Bertz CT molecular complexity index is 618. The Labute approximate surface area is 134 Å². The number of nitrogens with zero attached hydrogens (tertiary/aromatic N) is 1. The predicted octanol–water partition coefficient (Wildman–Crippen LogP) is 4.40. The summed E-state index contributed by atoms with van der Waals surface area (Å²) in [5.74, 6) is 0. The average Bonchev–Trinajstić information content (AvgIpc) is 2.81. The molecular weight excluding hydrogens is 364 g/mol. The summed E-state index contributed by atoms with van der Waals surface area (Å²) >= 11 is 11.1. The first kappa shape index (κ1) is 15.4. The summed E-state index contributed by atoms with van der Waals surface area (Å²) in [6.07, 6.45) is 0.883. The molecule has 106 valence electrons. The first-order valence-corrected chi connectivity index (χ1v) is 7.93. The van der Waals surface area contributed by atoms with Crippen LogP contribution in [-0.4, -0.2) is 11.5 Å². The summed E-state index contributed by atoms with van der Waals surface area (Å²) in [6.45, 7) is 1.14. The fraction of sp³-hybridized carbons (Fsp3) is 0.231. The first-order valence-electron chi connectivity index (χ1n) is 5.94. The maximum Gasteiger partial charge on any atom is 0.275 e. The summed E-state index contributed by atoms with van der Waals surface area (Å²) in [7, 11) is 0. The molecule has 0 unspecified atom stereocenters. The molecule has 0 aliphatic carbocycles. The summed E-state index contributed by atoms with van der Waals surface area (Å²) in [4.78, 5) is 11.8. The lowest BCUT2D eigenvalue weighted by Crippen LogP contribution is -2.17. The topological polar surface area (TPSA) is 55.2 Å². The van der Waals surface area contributed by atoms with Crippen molar-refractivity contribution in [2.75, 3.05) is 6.54 Å². The molecule has 0 atom stereocenters. The van der Waals surface area contributed by atoms with Gasteiger partial charge in [-0.1, -0.05) is 17.7 Å². The van der Waals surface area contributed by atoms with Crippen LogP contribution in [0.4, 0.5) is 5.69 Å². The van der Waals surface area contributed by atoms with Crippen LogP contribution in [0, 0.1) is 10.1 Å². The van der Waals surface area contributed by atoms with E-state index in [0.717, 1.165) is 16.8 Å². The van der Waals surface area contributed by atoms with E-state index in [4.69, 9.17) is 11.6 Å². The summed E-state index contributed by atoms with van der Waals surface area (Å²) in [5, 5.41) is 14.6. The lowest BCUT2D eigenvalue weighted by molar-refractivity contribution is -0.385. The quantitative estimate of drug-likeness (QED) is 0.462. The minimum atomic E-state index is -0.403.